The molecule has 2 atom stereocenters. The smallest absolute Gasteiger partial charge is 0.193 e. The van der Waals surface area contributed by atoms with Crippen LogP contribution in [-0.4, -0.2) is 39.7 Å². The molecule has 32 heavy (non-hydrogen) atoms. The minimum absolute atomic E-state index is 0.0782. The lowest BCUT2D eigenvalue weighted by molar-refractivity contribution is -0.0163. The number of ether oxygens (including phenoxy) is 3. The average Bonchev–Trinajstić information content (AvgIpc) is 2.75. The van der Waals surface area contributed by atoms with Crippen molar-refractivity contribution in [3.05, 3.63) is 59.2 Å². The number of benzene rings is 2. The van der Waals surface area contributed by atoms with Crippen LogP contribution in [0.25, 0.3) is 0 Å². The molecule has 0 aliphatic heterocycles. The zero-order valence-corrected chi connectivity index (χ0v) is 24.0. The second-order valence-electron chi connectivity index (χ2n) is 9.65. The van der Waals surface area contributed by atoms with E-state index in [-0.39, 0.29) is 17.2 Å². The van der Waals surface area contributed by atoms with Gasteiger partial charge in [-0.05, 0) is 54.7 Å². The molecular weight excluding hydrogens is 531 g/mol. The fraction of sp³-hybridized carbons (Fsp3) is 0.538. The van der Waals surface area contributed by atoms with Crippen molar-refractivity contribution in [3.8, 4) is 11.5 Å². The molecule has 0 spiro atoms. The van der Waals surface area contributed by atoms with E-state index in [1.54, 1.807) is 14.2 Å². The van der Waals surface area contributed by atoms with Gasteiger partial charge in [0.2, 0.25) is 0 Å². The van der Waals surface area contributed by atoms with E-state index < -0.39 is 8.32 Å². The van der Waals surface area contributed by atoms with Gasteiger partial charge in [-0.1, -0.05) is 73.7 Å². The van der Waals surface area contributed by atoms with Crippen LogP contribution in [0.4, 0.5) is 0 Å². The lowest BCUT2D eigenvalue weighted by atomic mass is 10.0. The zero-order chi connectivity index (χ0) is 23.9. The van der Waals surface area contributed by atoms with Gasteiger partial charge in [0.05, 0.1) is 33.0 Å². The van der Waals surface area contributed by atoms with Crippen molar-refractivity contribution < 1.29 is 18.6 Å². The molecule has 2 unspecified atom stereocenters. The first-order valence-corrected chi connectivity index (χ1v) is 15.6. The molecule has 2 aromatic rings. The molecule has 0 aromatic heterocycles. The van der Waals surface area contributed by atoms with Gasteiger partial charge in [0.25, 0.3) is 0 Å². The van der Waals surface area contributed by atoms with E-state index >= 15 is 0 Å². The van der Waals surface area contributed by atoms with Gasteiger partial charge in [0, 0.05) is 9.99 Å². The summed E-state index contributed by atoms with van der Waals surface area (Å²) in [6, 6.07) is 14.6. The highest BCUT2D eigenvalue weighted by molar-refractivity contribution is 14.1. The largest absolute Gasteiger partial charge is 0.496 e. The summed E-state index contributed by atoms with van der Waals surface area (Å²) in [6.45, 7) is 14.0. The molecule has 0 amide bonds. The number of hydrogen-bond acceptors (Lipinski definition) is 4. The zero-order valence-electron chi connectivity index (χ0n) is 20.8. The number of methoxy groups -OCH3 is 2. The lowest BCUT2D eigenvalue weighted by Gasteiger charge is -2.41. The topological polar surface area (TPSA) is 36.9 Å². The average molecular weight is 571 g/mol. The van der Waals surface area contributed by atoms with Crippen molar-refractivity contribution in [2.75, 3.05) is 25.3 Å². The van der Waals surface area contributed by atoms with Crippen LogP contribution in [0.15, 0.2) is 42.5 Å². The van der Waals surface area contributed by atoms with Crippen molar-refractivity contribution in [3.63, 3.8) is 0 Å². The normalized spacial score (nSPS) is 14.2. The number of halogens is 1. The maximum absolute atomic E-state index is 6.98. The Hall–Kier alpha value is -1.09. The summed E-state index contributed by atoms with van der Waals surface area (Å²) in [4.78, 5) is 0. The quantitative estimate of drug-likeness (QED) is 0.164. The van der Waals surface area contributed by atoms with E-state index in [2.05, 4.69) is 92.9 Å². The second kappa shape index (κ2) is 11.9. The van der Waals surface area contributed by atoms with Crippen LogP contribution in [0.3, 0.4) is 0 Å². The third kappa shape index (κ3) is 6.95. The van der Waals surface area contributed by atoms with E-state index in [0.717, 1.165) is 33.5 Å². The molecule has 0 aliphatic carbocycles. The predicted octanol–water partition coefficient (Wildman–Crippen LogP) is 7.14. The van der Waals surface area contributed by atoms with Crippen molar-refractivity contribution in [2.24, 2.45) is 0 Å². The van der Waals surface area contributed by atoms with Gasteiger partial charge in [-0.2, -0.15) is 0 Å². The molecule has 0 saturated carbocycles. The number of alkyl halides is 1. The first-order valence-electron chi connectivity index (χ1n) is 11.2. The van der Waals surface area contributed by atoms with Gasteiger partial charge in [-0.3, -0.25) is 0 Å². The van der Waals surface area contributed by atoms with Gasteiger partial charge in [0.1, 0.15) is 11.5 Å². The Morgan fingerprint density at radius 3 is 2.00 bits per heavy atom. The molecule has 0 N–H and O–H groups in total. The van der Waals surface area contributed by atoms with Crippen LogP contribution < -0.4 is 9.47 Å². The molecule has 2 rings (SSSR count). The van der Waals surface area contributed by atoms with E-state index in [9.17, 15) is 0 Å². The van der Waals surface area contributed by atoms with Gasteiger partial charge in [-0.25, -0.2) is 0 Å². The molecule has 178 valence electrons. The molecule has 0 bridgehead atoms. The molecule has 0 radical (unpaired) electrons. The maximum atomic E-state index is 6.98. The Kier molecular flexibility index (Phi) is 10.1. The summed E-state index contributed by atoms with van der Waals surface area (Å²) in [7, 11) is 1.33. The molecule has 0 aliphatic rings. The fourth-order valence-electron chi connectivity index (χ4n) is 3.31. The monoisotopic (exact) mass is 570 g/mol. The van der Waals surface area contributed by atoms with E-state index in [4.69, 9.17) is 18.6 Å². The molecule has 2 aromatic carbocycles. The van der Waals surface area contributed by atoms with E-state index in [1.807, 2.05) is 13.0 Å². The van der Waals surface area contributed by atoms with Crippen molar-refractivity contribution >= 4 is 30.9 Å². The Morgan fingerprint density at radius 1 is 0.969 bits per heavy atom. The maximum Gasteiger partial charge on any atom is 0.193 e. The van der Waals surface area contributed by atoms with Gasteiger partial charge in [0.15, 0.2) is 8.32 Å². The van der Waals surface area contributed by atoms with Gasteiger partial charge >= 0.3 is 0 Å². The van der Waals surface area contributed by atoms with Crippen LogP contribution >= 0.6 is 22.6 Å². The second-order valence-corrected chi connectivity index (χ2v) is 15.3. The van der Waals surface area contributed by atoms with Crippen LogP contribution in [0, 0.1) is 6.92 Å². The first-order chi connectivity index (χ1) is 15.0. The summed E-state index contributed by atoms with van der Waals surface area (Å²) in [5.41, 5.74) is 3.30. The standard InChI is InChI=1S/C26H39IO4Si/c1-19-22(28-5)16-21(17-23(19)29-6)25(31-32(7,8)26(2,3)4)24(18-27)30-15-14-20-12-10-9-11-13-20/h9-13,16-17,24-25H,14-15,18H2,1-8H3. The summed E-state index contributed by atoms with van der Waals surface area (Å²) in [6.07, 6.45) is 0.596. The van der Waals surface area contributed by atoms with Crippen molar-refractivity contribution in [2.45, 2.75) is 64.5 Å². The highest BCUT2D eigenvalue weighted by Gasteiger charge is 2.41. The number of hydrogen-bond donors (Lipinski definition) is 0. The first kappa shape index (κ1) is 27.2. The Morgan fingerprint density at radius 2 is 1.53 bits per heavy atom. The summed E-state index contributed by atoms with van der Waals surface area (Å²) >= 11 is 2.41. The molecule has 4 nitrogen and oxygen atoms in total. The molecular formula is C26H39IO4Si. The Balaban J connectivity index is 2.38. The third-order valence-corrected chi connectivity index (χ3v) is 11.7. The van der Waals surface area contributed by atoms with E-state index in [0.29, 0.717) is 6.61 Å². The van der Waals surface area contributed by atoms with Crippen LogP contribution in [0.1, 0.15) is 43.6 Å². The van der Waals surface area contributed by atoms with E-state index in [1.165, 1.54) is 5.56 Å². The summed E-state index contributed by atoms with van der Waals surface area (Å²) in [5.74, 6) is 1.61. The molecule has 0 saturated heterocycles. The summed E-state index contributed by atoms with van der Waals surface area (Å²) in [5, 5.41) is 0.0873. The lowest BCUT2D eigenvalue weighted by Crippen LogP contribution is -2.44. The van der Waals surface area contributed by atoms with Crippen LogP contribution in [0.2, 0.25) is 18.1 Å². The highest BCUT2D eigenvalue weighted by Crippen LogP contribution is 2.43. The Labute approximate surface area is 209 Å². The minimum Gasteiger partial charge on any atom is -0.496 e. The highest BCUT2D eigenvalue weighted by atomic mass is 127. The third-order valence-electron chi connectivity index (χ3n) is 6.39. The summed E-state index contributed by atoms with van der Waals surface area (Å²) < 4.78 is 25.6. The molecule has 0 heterocycles. The van der Waals surface area contributed by atoms with Crippen LogP contribution in [-0.2, 0) is 15.6 Å². The van der Waals surface area contributed by atoms with Gasteiger partial charge in [-0.15, -0.1) is 0 Å². The molecule has 0 fully saturated rings. The van der Waals surface area contributed by atoms with Gasteiger partial charge < -0.3 is 18.6 Å². The van der Waals surface area contributed by atoms with Crippen molar-refractivity contribution in [1.82, 2.24) is 0 Å². The molecule has 6 heteroatoms. The van der Waals surface area contributed by atoms with Crippen molar-refractivity contribution in [1.29, 1.82) is 0 Å². The number of rotatable bonds is 11. The Bertz CT molecular complexity index is 824. The predicted molar refractivity (Wildman–Crippen MR) is 144 cm³/mol. The fourth-order valence-corrected chi connectivity index (χ4v) is 5.30. The van der Waals surface area contributed by atoms with Crippen LogP contribution in [0.5, 0.6) is 11.5 Å². The minimum atomic E-state index is -2.07. The SMILES string of the molecule is COc1cc(C(O[Si](C)(C)C(C)(C)C)C(CI)OCCc2ccccc2)cc(OC)c1C.